The van der Waals surface area contributed by atoms with Crippen molar-refractivity contribution in [3.05, 3.63) is 43.8 Å². The summed E-state index contributed by atoms with van der Waals surface area (Å²) in [6.07, 6.45) is -3.32. The van der Waals surface area contributed by atoms with E-state index in [0.717, 1.165) is 15.9 Å². The number of hydrogen-bond donors (Lipinski definition) is 3. The van der Waals surface area contributed by atoms with Crippen molar-refractivity contribution in [2.45, 2.75) is 38.7 Å². The lowest BCUT2D eigenvalue weighted by atomic mass is 10.1. The fraction of sp³-hybridized carbons (Fsp3) is 0.417. The highest BCUT2D eigenvalue weighted by Crippen LogP contribution is 2.16. The van der Waals surface area contributed by atoms with E-state index in [4.69, 9.17) is 0 Å². The number of alkyl halides is 4. The van der Waals surface area contributed by atoms with Crippen LogP contribution in [0.3, 0.4) is 0 Å². The van der Waals surface area contributed by atoms with Crippen molar-refractivity contribution < 1.29 is 27.2 Å². The van der Waals surface area contributed by atoms with Gasteiger partial charge in [0.15, 0.2) is 5.57 Å². The molecule has 1 aliphatic rings. The van der Waals surface area contributed by atoms with Crippen LogP contribution in [0.2, 0.25) is 0 Å². The first-order chi connectivity index (χ1) is 18.0. The number of rotatable bonds is 8. The maximum absolute atomic E-state index is 13.3. The molecule has 0 bridgehead atoms. The van der Waals surface area contributed by atoms with Gasteiger partial charge in [-0.05, 0) is 38.0 Å². The normalized spacial score (nSPS) is 16.1. The van der Waals surface area contributed by atoms with Crippen LogP contribution >= 0.6 is 11.3 Å². The monoisotopic (exact) mass is 554 g/mol. The van der Waals surface area contributed by atoms with E-state index >= 15 is 0 Å². The predicted molar refractivity (Wildman–Crippen MR) is 135 cm³/mol. The number of carbonyl (C=O) groups is 2. The van der Waals surface area contributed by atoms with E-state index in [1.165, 1.54) is 6.20 Å². The third kappa shape index (κ3) is 7.90. The molecule has 0 aliphatic carbocycles. The zero-order valence-electron chi connectivity index (χ0n) is 20.4. The fourth-order valence-corrected chi connectivity index (χ4v) is 4.84. The average Bonchev–Trinajstić information content (AvgIpc) is 3.18. The zero-order chi connectivity index (χ0) is 27.9. The van der Waals surface area contributed by atoms with Gasteiger partial charge < -0.3 is 16.0 Å². The van der Waals surface area contributed by atoms with E-state index in [9.17, 15) is 37.2 Å². The quantitative estimate of drug-likeness (QED) is 0.426. The van der Waals surface area contributed by atoms with Crippen LogP contribution in [0, 0.1) is 11.3 Å². The van der Waals surface area contributed by atoms with Gasteiger partial charge in [0.1, 0.15) is 28.0 Å². The molecule has 0 spiro atoms. The Morgan fingerprint density at radius 1 is 1.24 bits per heavy atom. The summed E-state index contributed by atoms with van der Waals surface area (Å²) in [6.45, 7) is 1.24. The van der Waals surface area contributed by atoms with E-state index in [2.05, 4.69) is 10.6 Å². The van der Waals surface area contributed by atoms with E-state index in [1.807, 2.05) is 4.90 Å². The average molecular weight is 555 g/mol. The molecule has 2 aromatic rings. The second-order valence-electron chi connectivity index (χ2n) is 8.47. The molecule has 1 saturated heterocycles. The lowest BCUT2D eigenvalue weighted by Gasteiger charge is -2.27. The Bertz CT molecular complexity index is 1390. The second-order valence-corrected chi connectivity index (χ2v) is 9.50. The van der Waals surface area contributed by atoms with Crippen molar-refractivity contribution in [1.82, 2.24) is 14.8 Å². The summed E-state index contributed by atoms with van der Waals surface area (Å²) in [7, 11) is 0. The van der Waals surface area contributed by atoms with Crippen LogP contribution in [0.5, 0.6) is 0 Å². The van der Waals surface area contributed by atoms with Gasteiger partial charge in [0, 0.05) is 37.2 Å². The molecule has 204 valence electrons. The minimum Gasteiger partial charge on any atom is -0.360 e. The number of nitrogens with one attached hydrogen (secondary N) is 3. The molecule has 0 radical (unpaired) electrons. The highest BCUT2D eigenvalue weighted by Gasteiger charge is 2.29. The lowest BCUT2D eigenvalue weighted by Crippen LogP contribution is -2.39. The molecule has 3 rings (SSSR count). The number of nitrogens with zero attached hydrogens (tertiary/aromatic N) is 3. The first-order valence-corrected chi connectivity index (χ1v) is 12.5. The summed E-state index contributed by atoms with van der Waals surface area (Å²) in [5.41, 5.74) is -0.116. The van der Waals surface area contributed by atoms with E-state index < -0.39 is 35.9 Å². The van der Waals surface area contributed by atoms with Gasteiger partial charge in [0.2, 0.25) is 5.91 Å². The summed E-state index contributed by atoms with van der Waals surface area (Å²) in [4.78, 5) is 39.3. The van der Waals surface area contributed by atoms with Crippen LogP contribution < -0.4 is 30.7 Å². The third-order valence-electron chi connectivity index (χ3n) is 5.63. The summed E-state index contributed by atoms with van der Waals surface area (Å²) in [5, 5.41) is 16.8. The molecular formula is C24H26F4N6O3S. The van der Waals surface area contributed by atoms with Crippen LogP contribution in [-0.4, -0.2) is 59.8 Å². The molecule has 2 amide bonds. The highest BCUT2D eigenvalue weighted by molar-refractivity contribution is 7.07. The number of piperidine rings is 1. The molecule has 1 fully saturated rings. The number of anilines is 2. The molecule has 2 heterocycles. The Morgan fingerprint density at radius 3 is 2.55 bits per heavy atom. The second kappa shape index (κ2) is 12.7. The molecule has 1 aliphatic heterocycles. The van der Waals surface area contributed by atoms with Crippen LogP contribution in [0.1, 0.15) is 19.8 Å². The van der Waals surface area contributed by atoms with Gasteiger partial charge in [0.05, 0.1) is 6.54 Å². The van der Waals surface area contributed by atoms with Gasteiger partial charge in [0.25, 0.3) is 11.5 Å². The fourth-order valence-electron chi connectivity index (χ4n) is 3.76. The van der Waals surface area contributed by atoms with E-state index in [1.54, 1.807) is 42.6 Å². The van der Waals surface area contributed by atoms with E-state index in [0.29, 0.717) is 37.3 Å². The number of halogens is 4. The van der Waals surface area contributed by atoms with Gasteiger partial charge in [-0.1, -0.05) is 6.07 Å². The number of aromatic nitrogens is 1. The number of thiazole rings is 1. The molecule has 0 saturated carbocycles. The van der Waals surface area contributed by atoms with Gasteiger partial charge in [-0.25, -0.2) is 4.39 Å². The van der Waals surface area contributed by atoms with Crippen molar-refractivity contribution in [2.24, 2.45) is 0 Å². The van der Waals surface area contributed by atoms with Crippen molar-refractivity contribution in [2.75, 3.05) is 36.8 Å². The van der Waals surface area contributed by atoms with Crippen LogP contribution in [0.15, 0.2) is 29.1 Å². The molecule has 1 aromatic carbocycles. The summed E-state index contributed by atoms with van der Waals surface area (Å²) >= 11 is 0.788. The predicted octanol–water partition coefficient (Wildman–Crippen LogP) is 1.50. The van der Waals surface area contributed by atoms with Crippen LogP contribution in [0.25, 0.3) is 11.8 Å². The van der Waals surface area contributed by atoms with E-state index in [-0.39, 0.29) is 28.2 Å². The molecule has 1 aromatic heterocycles. The topological polar surface area (TPSA) is 119 Å². The number of carbonyl (C=O) groups excluding carboxylic acids is 2. The summed E-state index contributed by atoms with van der Waals surface area (Å²) < 4.78 is 51.9. The standard InChI is InChI=1S/C24H26F4N6O3S/c1-2-34-22(37)19(38-23(34)18(11-29)21(36)31-14-24(26,27)28)12-30-16-4-3-5-17(10-16)32-20(35)13-33-8-6-15(25)7-9-33/h3-5,10,12,15,30H,2,6-9,13-14H2,1H3,(H,31,36)(H,32,35)/b19-12+,23-18-. The SMILES string of the molecule is CCn1c(=O)/c(=C\Nc2cccc(NC(=O)CN3CCC(F)CC3)c2)s/c1=C(/C#N)C(=O)NCC(F)(F)F. The number of amides is 2. The molecular weight excluding hydrogens is 528 g/mol. The first-order valence-electron chi connectivity index (χ1n) is 11.7. The van der Waals surface area contributed by atoms with Crippen LogP contribution in [0.4, 0.5) is 28.9 Å². The Morgan fingerprint density at radius 2 is 1.92 bits per heavy atom. The highest BCUT2D eigenvalue weighted by atomic mass is 32.1. The van der Waals surface area contributed by atoms with Gasteiger partial charge in [-0.3, -0.25) is 23.9 Å². The molecule has 14 heteroatoms. The summed E-state index contributed by atoms with van der Waals surface area (Å²) in [5.74, 6) is -1.48. The van der Waals surface area contributed by atoms with Gasteiger partial charge >= 0.3 is 6.18 Å². The molecule has 38 heavy (non-hydrogen) atoms. The van der Waals surface area contributed by atoms with Crippen molar-refractivity contribution in [1.29, 1.82) is 5.26 Å². The molecule has 0 unspecified atom stereocenters. The smallest absolute Gasteiger partial charge is 0.360 e. The Balaban J connectivity index is 1.77. The van der Waals surface area contributed by atoms with Gasteiger partial charge in [-0.2, -0.15) is 18.4 Å². The zero-order valence-corrected chi connectivity index (χ0v) is 21.2. The summed E-state index contributed by atoms with van der Waals surface area (Å²) in [6, 6.07) is 8.26. The molecule has 3 N–H and O–H groups in total. The Kier molecular flexibility index (Phi) is 9.65. The molecule has 9 nitrogen and oxygen atoms in total. The maximum atomic E-state index is 13.3. The first kappa shape index (κ1) is 28.9. The third-order valence-corrected chi connectivity index (χ3v) is 6.76. The van der Waals surface area contributed by atoms with Crippen LogP contribution in [-0.2, 0) is 16.1 Å². The maximum Gasteiger partial charge on any atom is 0.405 e. The van der Waals surface area contributed by atoms with Gasteiger partial charge in [-0.15, -0.1) is 11.3 Å². The minimum atomic E-state index is -4.65. The number of nitriles is 1. The van der Waals surface area contributed by atoms with Crippen molar-refractivity contribution >= 4 is 46.3 Å². The van der Waals surface area contributed by atoms with Crippen molar-refractivity contribution in [3.8, 4) is 6.07 Å². The number of hydrogen-bond acceptors (Lipinski definition) is 7. The Labute approximate surface area is 219 Å². The molecule has 0 atom stereocenters. The number of benzene rings is 1. The van der Waals surface area contributed by atoms with Crippen molar-refractivity contribution in [3.63, 3.8) is 0 Å². The minimum absolute atomic E-state index is 0.0643. The largest absolute Gasteiger partial charge is 0.405 e. The Hall–Kier alpha value is -3.70. The number of likely N-dealkylation sites (tertiary alicyclic amines) is 1. The lowest BCUT2D eigenvalue weighted by molar-refractivity contribution is -0.135.